The molecule has 0 fully saturated rings. The summed E-state index contributed by atoms with van der Waals surface area (Å²) in [6.45, 7) is 4.27. The van der Waals surface area contributed by atoms with Crippen LogP contribution in [0.5, 0.6) is 11.5 Å². The van der Waals surface area contributed by atoms with Crippen molar-refractivity contribution in [1.29, 1.82) is 0 Å². The van der Waals surface area contributed by atoms with Gasteiger partial charge in [0.05, 0.1) is 5.56 Å². The van der Waals surface area contributed by atoms with Gasteiger partial charge in [-0.1, -0.05) is 78.9 Å². The zero-order valence-corrected chi connectivity index (χ0v) is 30.9. The van der Waals surface area contributed by atoms with Crippen LogP contribution in [0.25, 0.3) is 0 Å². The van der Waals surface area contributed by atoms with Crippen LogP contribution in [0.4, 0.5) is 4.79 Å². The Bertz CT molecular complexity index is 1840. The number of ether oxygens (including phenoxy) is 1. The highest BCUT2D eigenvalue weighted by atomic mass is 35.5. The number of amidine groups is 1. The number of halogens is 1. The van der Waals surface area contributed by atoms with E-state index in [0.29, 0.717) is 11.1 Å². The van der Waals surface area contributed by atoms with Gasteiger partial charge in [-0.05, 0) is 68.3 Å². The van der Waals surface area contributed by atoms with Crippen molar-refractivity contribution in [3.05, 3.63) is 132 Å². The third-order valence-electron chi connectivity index (χ3n) is 7.55. The van der Waals surface area contributed by atoms with Gasteiger partial charge in [0.1, 0.15) is 36.2 Å². The van der Waals surface area contributed by atoms with Gasteiger partial charge in [0.15, 0.2) is 5.78 Å². The Morgan fingerprint density at radius 3 is 1.51 bits per heavy atom. The molecule has 0 aliphatic rings. The number of alkyl carbamates (subject to hydrolysis) is 1. The smallest absolute Gasteiger partial charge is 0.457 e. The first kappa shape index (κ1) is 41.6. The summed E-state index contributed by atoms with van der Waals surface area (Å²) in [5.74, 6) is -3.00. The number of hydrogen-bond donors (Lipinski definition) is 6. The van der Waals surface area contributed by atoms with E-state index in [1.54, 1.807) is 109 Å². The zero-order valence-electron chi connectivity index (χ0n) is 29.2. The number of nitrogens with two attached hydrogens (primary N) is 2. The molecule has 0 aliphatic carbocycles. The number of nitrogens with one attached hydrogen (secondary N) is 4. The van der Waals surface area contributed by atoms with Gasteiger partial charge >= 0.3 is 13.7 Å². The van der Waals surface area contributed by atoms with Crippen molar-refractivity contribution in [1.82, 2.24) is 21.3 Å². The van der Waals surface area contributed by atoms with Crippen molar-refractivity contribution < 1.29 is 55.3 Å². The van der Waals surface area contributed by atoms with E-state index in [1.165, 1.54) is 20.8 Å². The maximum atomic E-state index is 14.8. The number of benzene rings is 4. The van der Waals surface area contributed by atoms with Crippen LogP contribution in [0.15, 0.2) is 115 Å². The lowest BCUT2D eigenvalue weighted by molar-refractivity contribution is -0.132. The Balaban J connectivity index is 0.00000756. The molecule has 280 valence electrons. The fourth-order valence-electron chi connectivity index (χ4n) is 4.66. The van der Waals surface area contributed by atoms with Crippen LogP contribution in [0, 0.1) is 0 Å². The second-order valence-corrected chi connectivity index (χ2v) is 13.7. The third kappa shape index (κ3) is 12.4. The molecule has 0 aromatic heterocycles. The van der Waals surface area contributed by atoms with E-state index < -0.39 is 55.3 Å². The van der Waals surface area contributed by atoms with Crippen molar-refractivity contribution in [2.45, 2.75) is 51.3 Å². The van der Waals surface area contributed by atoms with Crippen LogP contribution < -0.4 is 53.9 Å². The molecule has 0 aliphatic heterocycles. The number of rotatable bonds is 16. The van der Waals surface area contributed by atoms with Gasteiger partial charge in [-0.2, -0.15) is 0 Å². The Morgan fingerprint density at radius 2 is 1.06 bits per heavy atom. The van der Waals surface area contributed by atoms with Crippen molar-refractivity contribution >= 4 is 37.2 Å². The number of hydrogen-bond acceptors (Lipinski definition) is 8. The van der Waals surface area contributed by atoms with E-state index in [-0.39, 0.29) is 36.3 Å². The van der Waals surface area contributed by atoms with E-state index in [2.05, 4.69) is 21.3 Å². The normalized spacial score (nSPS) is 13.0. The molecule has 16 heteroatoms. The first-order valence-corrected chi connectivity index (χ1v) is 17.9. The number of carbonyl (C=O) groups excluding carboxylic acids is 4. The summed E-state index contributed by atoms with van der Waals surface area (Å²) in [6, 6.07) is 28.7. The summed E-state index contributed by atoms with van der Waals surface area (Å²) < 4.78 is 32.0. The van der Waals surface area contributed by atoms with E-state index in [4.69, 9.17) is 24.9 Å². The molecule has 4 atom stereocenters. The topological polar surface area (TPSA) is 213 Å². The van der Waals surface area contributed by atoms with Gasteiger partial charge in [-0.25, -0.2) is 9.36 Å². The first-order valence-electron chi connectivity index (χ1n) is 16.3. The molecule has 4 rings (SSSR count). The fraction of sp³-hybridized carbons (Fsp3) is 0.216. The van der Waals surface area contributed by atoms with Crippen molar-refractivity contribution in [3.63, 3.8) is 0 Å². The summed E-state index contributed by atoms with van der Waals surface area (Å²) in [4.78, 5) is 51.7. The maximum Gasteiger partial charge on any atom is 0.457 e. The van der Waals surface area contributed by atoms with Gasteiger partial charge in [0.2, 0.25) is 17.7 Å². The minimum atomic E-state index is -4.36. The number of para-hydroxylation sites is 2. The average molecular weight is 765 g/mol. The maximum absolute atomic E-state index is 14.8. The lowest BCUT2D eigenvalue weighted by atomic mass is 10.1. The highest BCUT2D eigenvalue weighted by molar-refractivity contribution is 7.55. The molecular weight excluding hydrogens is 723 g/mol. The van der Waals surface area contributed by atoms with Gasteiger partial charge < -0.3 is 47.5 Å². The molecule has 14 nitrogen and oxygen atoms in total. The van der Waals surface area contributed by atoms with Gasteiger partial charge in [-0.15, -0.1) is 0 Å². The van der Waals surface area contributed by atoms with Gasteiger partial charge in [-0.3, -0.25) is 25.5 Å². The van der Waals surface area contributed by atoms with Crippen LogP contribution in [0.2, 0.25) is 0 Å². The predicted octanol–water partition coefficient (Wildman–Crippen LogP) is -0.0548. The molecule has 1 unspecified atom stereocenters. The van der Waals surface area contributed by atoms with Gasteiger partial charge in [0, 0.05) is 0 Å². The molecule has 4 aromatic carbocycles. The van der Waals surface area contributed by atoms with Crippen molar-refractivity contribution in [2.75, 3.05) is 0 Å². The number of carbonyl (C=O) groups is 4. The molecule has 0 saturated heterocycles. The predicted molar refractivity (Wildman–Crippen MR) is 194 cm³/mol. The Labute approximate surface area is 313 Å². The second-order valence-electron chi connectivity index (χ2n) is 11.7. The molecule has 0 saturated carbocycles. The summed E-state index contributed by atoms with van der Waals surface area (Å²) >= 11 is 0. The molecule has 4 amide bonds. The highest BCUT2D eigenvalue weighted by Gasteiger charge is 2.43. The highest BCUT2D eigenvalue weighted by Crippen LogP contribution is 2.59. The molecule has 8 N–H and O–H groups in total. The molecule has 53 heavy (non-hydrogen) atoms. The summed E-state index contributed by atoms with van der Waals surface area (Å²) in [7, 11) is -4.36. The summed E-state index contributed by atoms with van der Waals surface area (Å²) in [5.41, 5.74) is 7.35. The minimum Gasteiger partial charge on any atom is -1.00 e. The number of amides is 4. The lowest BCUT2D eigenvalue weighted by Gasteiger charge is -2.29. The van der Waals surface area contributed by atoms with Gasteiger partial charge in [0.25, 0.3) is 5.84 Å². The van der Waals surface area contributed by atoms with Crippen LogP contribution in [0.1, 0.15) is 43.2 Å². The SMILES string of the molecule is C[C@H](NC(=O)OCc1ccccc1)C(=O)N[C@@H](C)C(=O)N[C@@H](C)C(=O)NC(c1ccc(C(N)=[NH2+])cc1)P(=O)(Oc1ccccc1)Oc1ccccc1.[Cl-]. The standard InChI is InChI=1S/C37H41N6O8P.ClH/c1-24(40-34(45)26(3)42-37(47)49-23-27-13-7-4-8-14-27)33(44)41-25(2)35(46)43-36(29-21-19-28(20-22-29)32(38)39)52(48,50-30-15-9-5-10-16-30)51-31-17-11-6-12-18-31;/h4-22,24-26,36H,23H2,1-3H3,(H3,38,39)(H,40,45)(H,41,44)(H,42,47)(H,43,46);1H/t24-,25-,26-,36?;/m0./s1. The molecule has 4 aromatic rings. The summed E-state index contributed by atoms with van der Waals surface area (Å²) in [6.07, 6.45) is -0.813. The second kappa shape index (κ2) is 19.7. The average Bonchev–Trinajstić information content (AvgIpc) is 3.13. The monoisotopic (exact) mass is 764 g/mol. The molecular formula is C37H42ClN6O8P. The van der Waals surface area contributed by atoms with E-state index >= 15 is 0 Å². The Hall–Kier alpha value is -5.85. The molecule has 0 radical (unpaired) electrons. The quantitative estimate of drug-likeness (QED) is 0.0512. The van der Waals surface area contributed by atoms with Crippen LogP contribution in [-0.2, 0) is 30.3 Å². The van der Waals surface area contributed by atoms with E-state index in [0.717, 1.165) is 5.56 Å². The lowest BCUT2D eigenvalue weighted by Crippen LogP contribution is -3.00. The molecule has 0 heterocycles. The Kier molecular flexibility index (Phi) is 15.4. The zero-order chi connectivity index (χ0) is 37.7. The fourth-order valence-corrected chi connectivity index (χ4v) is 6.56. The van der Waals surface area contributed by atoms with Crippen molar-refractivity contribution in [3.8, 4) is 11.5 Å². The Morgan fingerprint density at radius 1 is 0.642 bits per heavy atom. The first-order chi connectivity index (χ1) is 24.8. The summed E-state index contributed by atoms with van der Waals surface area (Å²) in [5, 5.41) is 15.9. The van der Waals surface area contributed by atoms with Crippen LogP contribution in [0.3, 0.4) is 0 Å². The van der Waals surface area contributed by atoms with Crippen LogP contribution in [-0.4, -0.2) is 47.8 Å². The van der Waals surface area contributed by atoms with Crippen LogP contribution >= 0.6 is 7.60 Å². The largest absolute Gasteiger partial charge is 1.00 e. The van der Waals surface area contributed by atoms with E-state index in [1.807, 2.05) is 6.07 Å². The minimum absolute atomic E-state index is 0. The molecule has 0 spiro atoms. The van der Waals surface area contributed by atoms with E-state index in [9.17, 15) is 23.7 Å². The molecule has 0 bridgehead atoms. The third-order valence-corrected chi connectivity index (χ3v) is 9.54. The van der Waals surface area contributed by atoms with Crippen molar-refractivity contribution in [2.24, 2.45) is 5.73 Å².